The highest BCUT2D eigenvalue weighted by Crippen LogP contribution is 2.39. The zero-order valence-electron chi connectivity index (χ0n) is 13.0. The summed E-state index contributed by atoms with van der Waals surface area (Å²) in [4.78, 5) is 8.81. The van der Waals surface area contributed by atoms with Crippen LogP contribution in [0.2, 0.25) is 0 Å². The number of hydrogen-bond acceptors (Lipinski definition) is 2. The smallest absolute Gasteiger partial charge is 0.105 e. The van der Waals surface area contributed by atoms with Crippen molar-refractivity contribution in [3.8, 4) is 11.3 Å². The number of hydrogen-bond donors (Lipinski definition) is 0. The van der Waals surface area contributed by atoms with Crippen molar-refractivity contribution in [2.75, 3.05) is 0 Å². The molecule has 0 spiro atoms. The second kappa shape index (κ2) is 6.05. The van der Waals surface area contributed by atoms with E-state index in [4.69, 9.17) is 0 Å². The Morgan fingerprint density at radius 3 is 2.38 bits per heavy atom. The monoisotopic (exact) mass is 276 g/mol. The lowest BCUT2D eigenvalue weighted by molar-refractivity contribution is 0.327. The van der Waals surface area contributed by atoms with Gasteiger partial charge in [-0.2, -0.15) is 0 Å². The van der Waals surface area contributed by atoms with E-state index in [1.165, 1.54) is 43.2 Å². The highest BCUT2D eigenvalue weighted by atomic mass is 14.7. The van der Waals surface area contributed by atoms with Crippen molar-refractivity contribution < 1.29 is 0 Å². The Morgan fingerprint density at radius 2 is 1.67 bits per heavy atom. The summed E-state index contributed by atoms with van der Waals surface area (Å²) in [7, 11) is 4.79. The molecule has 1 aliphatic carbocycles. The molecule has 3 rings (SSSR count). The van der Waals surface area contributed by atoms with Gasteiger partial charge in [0.1, 0.15) is 15.7 Å². The summed E-state index contributed by atoms with van der Waals surface area (Å²) in [5.74, 6) is 0.760. The van der Waals surface area contributed by atoms with E-state index < -0.39 is 0 Å². The van der Waals surface area contributed by atoms with E-state index in [1.807, 2.05) is 18.6 Å². The van der Waals surface area contributed by atoms with Crippen LogP contribution in [0.15, 0.2) is 42.9 Å². The fraction of sp³-hybridized carbons (Fsp3) is 0.412. The van der Waals surface area contributed by atoms with Crippen LogP contribution in [-0.2, 0) is 5.21 Å². The first-order valence-corrected chi connectivity index (χ1v) is 8.05. The van der Waals surface area contributed by atoms with Gasteiger partial charge in [-0.15, -0.1) is 0 Å². The van der Waals surface area contributed by atoms with Crippen LogP contribution in [0.3, 0.4) is 0 Å². The summed E-state index contributed by atoms with van der Waals surface area (Å²) >= 11 is 0. The number of nitrogens with zero attached hydrogens (tertiary/aromatic N) is 2. The van der Waals surface area contributed by atoms with Gasteiger partial charge in [0.05, 0.1) is 5.69 Å². The Labute approximate surface area is 129 Å². The fourth-order valence-corrected chi connectivity index (χ4v) is 3.71. The van der Waals surface area contributed by atoms with Gasteiger partial charge in [0.15, 0.2) is 0 Å². The molecule has 1 aliphatic rings. The van der Waals surface area contributed by atoms with Gasteiger partial charge in [-0.25, -0.2) is 0 Å². The third-order valence-corrected chi connectivity index (χ3v) is 5.08. The average Bonchev–Trinajstić information content (AvgIpc) is 2.56. The predicted octanol–water partition coefficient (Wildman–Crippen LogP) is 2.14. The van der Waals surface area contributed by atoms with Crippen molar-refractivity contribution in [2.24, 2.45) is 5.92 Å². The molecule has 2 aromatic rings. The van der Waals surface area contributed by atoms with E-state index in [9.17, 15) is 0 Å². The molecule has 21 heavy (non-hydrogen) atoms. The molecule has 2 nitrogen and oxygen atoms in total. The van der Waals surface area contributed by atoms with E-state index in [0.29, 0.717) is 0 Å². The van der Waals surface area contributed by atoms with Gasteiger partial charge in [0.2, 0.25) is 0 Å². The van der Waals surface area contributed by atoms with Gasteiger partial charge in [0, 0.05) is 24.2 Å². The van der Waals surface area contributed by atoms with Crippen molar-refractivity contribution in [2.45, 2.75) is 37.3 Å². The van der Waals surface area contributed by atoms with Crippen LogP contribution < -0.4 is 0 Å². The topological polar surface area (TPSA) is 25.8 Å². The zero-order chi connectivity index (χ0) is 14.7. The van der Waals surface area contributed by atoms with Gasteiger partial charge < -0.3 is 0 Å². The summed E-state index contributed by atoms with van der Waals surface area (Å²) in [5.41, 5.74) is 3.67. The lowest BCUT2D eigenvalue weighted by Gasteiger charge is -2.38. The summed E-state index contributed by atoms with van der Waals surface area (Å²) in [6, 6.07) is 8.45. The Balaban J connectivity index is 2.02. The third-order valence-electron chi connectivity index (χ3n) is 5.08. The number of pyridine rings is 2. The maximum atomic E-state index is 4.68. The van der Waals surface area contributed by atoms with E-state index >= 15 is 0 Å². The van der Waals surface area contributed by atoms with Crippen LogP contribution in [0.4, 0.5) is 0 Å². The maximum absolute atomic E-state index is 4.68. The minimum absolute atomic E-state index is 0.174. The van der Waals surface area contributed by atoms with E-state index in [2.05, 4.69) is 49.9 Å². The van der Waals surface area contributed by atoms with Gasteiger partial charge in [-0.1, -0.05) is 43.4 Å². The maximum Gasteiger partial charge on any atom is 0.105 e. The van der Waals surface area contributed by atoms with E-state index in [1.54, 1.807) is 0 Å². The van der Waals surface area contributed by atoms with Crippen molar-refractivity contribution in [3.63, 3.8) is 0 Å². The molecule has 0 unspecified atom stereocenters. The first-order chi connectivity index (χ1) is 10.2. The van der Waals surface area contributed by atoms with Crippen molar-refractivity contribution in [1.29, 1.82) is 0 Å². The molecule has 1 fully saturated rings. The molecule has 0 aliphatic heterocycles. The molecule has 4 heteroatoms. The molecule has 2 aromatic heterocycles. The Hall–Kier alpha value is -1.57. The molecule has 2 heterocycles. The van der Waals surface area contributed by atoms with Crippen LogP contribution in [0, 0.1) is 5.92 Å². The SMILES string of the molecule is BC(B)(c1cccnc1-c1ccncc1)C1CCCCC1. The molecule has 0 radical (unpaired) electrons. The molecule has 1 saturated carbocycles. The quantitative estimate of drug-likeness (QED) is 0.803. The summed E-state index contributed by atoms with van der Waals surface area (Å²) < 4.78 is 0. The summed E-state index contributed by atoms with van der Waals surface area (Å²) in [6.07, 6.45) is 12.4. The largest absolute Gasteiger partial charge is 0.265 e. The predicted molar refractivity (Wildman–Crippen MR) is 92.8 cm³/mol. The highest BCUT2D eigenvalue weighted by Gasteiger charge is 2.34. The Bertz CT molecular complexity index is 593. The zero-order valence-corrected chi connectivity index (χ0v) is 13.0. The molecule has 0 atom stereocenters. The van der Waals surface area contributed by atoms with Crippen molar-refractivity contribution >= 4 is 15.7 Å². The fourth-order valence-electron chi connectivity index (χ4n) is 3.71. The number of aromatic nitrogens is 2. The van der Waals surface area contributed by atoms with Gasteiger partial charge in [0.25, 0.3) is 0 Å². The van der Waals surface area contributed by atoms with Gasteiger partial charge >= 0.3 is 0 Å². The van der Waals surface area contributed by atoms with Crippen LogP contribution in [-0.4, -0.2) is 25.7 Å². The molecular weight excluding hydrogens is 254 g/mol. The molecule has 0 amide bonds. The molecule has 0 bridgehead atoms. The highest BCUT2D eigenvalue weighted by molar-refractivity contribution is 6.40. The standard InChI is InChI=1S/C17H22B2N2/c18-17(19,14-5-2-1-3-6-14)15-7-4-10-21-16(15)13-8-11-20-12-9-13/h4,7-12,14H,1-3,5-6,18-19H2. The summed E-state index contributed by atoms with van der Waals surface area (Å²) in [6.45, 7) is 0. The number of rotatable bonds is 3. The van der Waals surface area contributed by atoms with E-state index in [0.717, 1.165) is 11.6 Å². The van der Waals surface area contributed by atoms with Crippen LogP contribution in [0.25, 0.3) is 11.3 Å². The van der Waals surface area contributed by atoms with Crippen molar-refractivity contribution in [1.82, 2.24) is 9.97 Å². The average molecular weight is 276 g/mol. The van der Waals surface area contributed by atoms with Crippen LogP contribution in [0.5, 0.6) is 0 Å². The molecule has 0 saturated heterocycles. The molecule has 0 aromatic carbocycles. The minimum Gasteiger partial charge on any atom is -0.265 e. The molecule has 0 N–H and O–H groups in total. The van der Waals surface area contributed by atoms with Crippen LogP contribution in [0.1, 0.15) is 37.7 Å². The normalized spacial score (nSPS) is 16.8. The first-order valence-electron chi connectivity index (χ1n) is 8.05. The Morgan fingerprint density at radius 1 is 0.952 bits per heavy atom. The minimum atomic E-state index is 0.174. The van der Waals surface area contributed by atoms with Gasteiger partial charge in [-0.05, 0) is 29.7 Å². The summed E-state index contributed by atoms with van der Waals surface area (Å²) in [5, 5.41) is 0.174. The van der Waals surface area contributed by atoms with E-state index in [-0.39, 0.29) is 5.21 Å². The Kier molecular flexibility index (Phi) is 4.14. The van der Waals surface area contributed by atoms with Gasteiger partial charge in [-0.3, -0.25) is 9.97 Å². The molecule has 106 valence electrons. The second-order valence-electron chi connectivity index (χ2n) is 6.69. The second-order valence-corrected chi connectivity index (χ2v) is 6.69. The third kappa shape index (κ3) is 2.90. The lowest BCUT2D eigenvalue weighted by Crippen LogP contribution is -2.38. The van der Waals surface area contributed by atoms with Crippen molar-refractivity contribution in [3.05, 3.63) is 48.4 Å². The first kappa shape index (κ1) is 14.4. The van der Waals surface area contributed by atoms with Crippen LogP contribution >= 0.6 is 0 Å². The molecular formula is C17H22B2N2. The lowest BCUT2D eigenvalue weighted by atomic mass is 9.43.